The fraction of sp³-hybridized carbons (Fsp3) is 0.538. The molecule has 1 N–H and O–H groups in total. The van der Waals surface area contributed by atoms with Crippen LogP contribution in [0.15, 0.2) is 16.9 Å². The van der Waals surface area contributed by atoms with Crippen molar-refractivity contribution in [1.29, 1.82) is 0 Å². The Morgan fingerprint density at radius 2 is 2.48 bits per heavy atom. The molecule has 2 aromatic rings. The van der Waals surface area contributed by atoms with Gasteiger partial charge in [-0.3, -0.25) is 9.48 Å². The van der Waals surface area contributed by atoms with Gasteiger partial charge in [0.15, 0.2) is 0 Å². The molecule has 1 unspecified atom stereocenters. The predicted octanol–water partition coefficient (Wildman–Crippen LogP) is 0.748. The van der Waals surface area contributed by atoms with Gasteiger partial charge in [0.05, 0.1) is 18.3 Å². The van der Waals surface area contributed by atoms with Gasteiger partial charge in [0.25, 0.3) is 0 Å². The van der Waals surface area contributed by atoms with Gasteiger partial charge in [0.1, 0.15) is 6.10 Å². The highest BCUT2D eigenvalue weighted by molar-refractivity contribution is 5.80. The van der Waals surface area contributed by atoms with E-state index in [9.17, 15) is 4.79 Å². The molecular formula is C13H17N5O3. The van der Waals surface area contributed by atoms with E-state index in [0.717, 1.165) is 24.9 Å². The fourth-order valence-electron chi connectivity index (χ4n) is 2.16. The molecule has 0 saturated carbocycles. The standard InChI is InChI=1S/C13H17N5O3/c1-2-18-8-9(6-15-18)12-16-11(21-17-12)7-14-13(19)10-4-3-5-20-10/h6,8,10H,2-5,7H2,1H3,(H,14,19). The molecule has 1 aliphatic heterocycles. The maximum Gasteiger partial charge on any atom is 0.249 e. The van der Waals surface area contributed by atoms with Crippen LogP contribution < -0.4 is 5.32 Å². The van der Waals surface area contributed by atoms with Crippen molar-refractivity contribution in [2.24, 2.45) is 0 Å². The van der Waals surface area contributed by atoms with E-state index in [1.165, 1.54) is 0 Å². The molecule has 2 aromatic heterocycles. The molecule has 0 aromatic carbocycles. The lowest BCUT2D eigenvalue weighted by atomic mass is 10.2. The van der Waals surface area contributed by atoms with Crippen molar-refractivity contribution in [2.45, 2.75) is 39.0 Å². The third kappa shape index (κ3) is 3.10. The summed E-state index contributed by atoms with van der Waals surface area (Å²) in [5.74, 6) is 0.697. The smallest absolute Gasteiger partial charge is 0.249 e. The number of carbonyl (C=O) groups is 1. The first-order chi connectivity index (χ1) is 10.3. The molecule has 1 atom stereocenters. The van der Waals surface area contributed by atoms with Crippen LogP contribution in [0.3, 0.4) is 0 Å². The number of hydrogen-bond donors (Lipinski definition) is 1. The van der Waals surface area contributed by atoms with E-state index in [-0.39, 0.29) is 18.6 Å². The number of aryl methyl sites for hydroxylation is 1. The minimum absolute atomic E-state index is 0.133. The SMILES string of the molecule is CCn1cc(-c2noc(CNC(=O)C3CCCO3)n2)cn1. The number of carbonyl (C=O) groups excluding carboxylic acids is 1. The monoisotopic (exact) mass is 291 g/mol. The number of ether oxygens (including phenoxy) is 1. The van der Waals surface area contributed by atoms with Crippen molar-refractivity contribution < 1.29 is 14.1 Å². The van der Waals surface area contributed by atoms with Crippen LogP contribution in [0, 0.1) is 0 Å². The van der Waals surface area contributed by atoms with E-state index < -0.39 is 0 Å². The van der Waals surface area contributed by atoms with E-state index in [2.05, 4.69) is 20.6 Å². The van der Waals surface area contributed by atoms with Crippen LogP contribution in [0.25, 0.3) is 11.4 Å². The quantitative estimate of drug-likeness (QED) is 0.873. The summed E-state index contributed by atoms with van der Waals surface area (Å²) < 4.78 is 12.2. The Morgan fingerprint density at radius 1 is 1.57 bits per heavy atom. The van der Waals surface area contributed by atoms with Crippen molar-refractivity contribution in [3.05, 3.63) is 18.3 Å². The number of hydrogen-bond acceptors (Lipinski definition) is 6. The molecule has 0 aliphatic carbocycles. The number of amides is 1. The minimum Gasteiger partial charge on any atom is -0.368 e. The van der Waals surface area contributed by atoms with E-state index in [0.29, 0.717) is 18.3 Å². The summed E-state index contributed by atoms with van der Waals surface area (Å²) >= 11 is 0. The van der Waals surface area contributed by atoms with Gasteiger partial charge in [-0.25, -0.2) is 0 Å². The van der Waals surface area contributed by atoms with Crippen molar-refractivity contribution in [1.82, 2.24) is 25.2 Å². The van der Waals surface area contributed by atoms with Gasteiger partial charge in [0.2, 0.25) is 17.6 Å². The summed E-state index contributed by atoms with van der Waals surface area (Å²) in [6.45, 7) is 3.62. The van der Waals surface area contributed by atoms with Crippen LogP contribution in [0.1, 0.15) is 25.7 Å². The molecule has 1 saturated heterocycles. The van der Waals surface area contributed by atoms with Crippen LogP contribution in [-0.4, -0.2) is 38.5 Å². The number of aromatic nitrogens is 4. The average molecular weight is 291 g/mol. The molecule has 1 fully saturated rings. The zero-order valence-electron chi connectivity index (χ0n) is 11.8. The second-order valence-corrected chi connectivity index (χ2v) is 4.82. The lowest BCUT2D eigenvalue weighted by Gasteiger charge is -2.07. The number of nitrogens with zero attached hydrogens (tertiary/aromatic N) is 4. The van der Waals surface area contributed by atoms with Crippen molar-refractivity contribution in [2.75, 3.05) is 6.61 Å². The molecule has 112 valence electrons. The molecule has 3 heterocycles. The maximum absolute atomic E-state index is 11.8. The molecular weight excluding hydrogens is 274 g/mol. The first-order valence-corrected chi connectivity index (χ1v) is 7.01. The van der Waals surface area contributed by atoms with Crippen LogP contribution >= 0.6 is 0 Å². The highest BCUT2D eigenvalue weighted by Crippen LogP contribution is 2.15. The van der Waals surface area contributed by atoms with Crippen LogP contribution in [0.2, 0.25) is 0 Å². The Kier molecular flexibility index (Phi) is 3.96. The topological polar surface area (TPSA) is 95.1 Å². The molecule has 0 spiro atoms. The van der Waals surface area contributed by atoms with Crippen LogP contribution in [-0.2, 0) is 22.6 Å². The van der Waals surface area contributed by atoms with Crippen LogP contribution in [0.5, 0.6) is 0 Å². The Hall–Kier alpha value is -2.22. The molecule has 8 heteroatoms. The molecule has 21 heavy (non-hydrogen) atoms. The van der Waals surface area contributed by atoms with Gasteiger partial charge < -0.3 is 14.6 Å². The Balaban J connectivity index is 1.58. The normalized spacial score (nSPS) is 18.0. The molecule has 1 amide bonds. The summed E-state index contributed by atoms with van der Waals surface area (Å²) in [7, 11) is 0. The third-order valence-corrected chi connectivity index (χ3v) is 3.32. The van der Waals surface area contributed by atoms with Crippen molar-refractivity contribution in [3.63, 3.8) is 0 Å². The van der Waals surface area contributed by atoms with E-state index in [4.69, 9.17) is 9.26 Å². The number of rotatable bonds is 5. The summed E-state index contributed by atoms with van der Waals surface area (Å²) in [6, 6.07) is 0. The Labute approximate surface area is 121 Å². The predicted molar refractivity (Wildman–Crippen MR) is 72.0 cm³/mol. The first kappa shape index (κ1) is 13.7. The molecule has 8 nitrogen and oxygen atoms in total. The molecule has 0 radical (unpaired) electrons. The second-order valence-electron chi connectivity index (χ2n) is 4.82. The van der Waals surface area contributed by atoms with Crippen molar-refractivity contribution >= 4 is 5.91 Å². The summed E-state index contributed by atoms with van der Waals surface area (Å²) in [6.07, 6.45) is 4.86. The average Bonchev–Trinajstić information content (AvgIpc) is 3.24. The van der Waals surface area contributed by atoms with E-state index >= 15 is 0 Å². The second kappa shape index (κ2) is 6.04. The Morgan fingerprint density at radius 3 is 3.19 bits per heavy atom. The molecule has 3 rings (SSSR count). The third-order valence-electron chi connectivity index (χ3n) is 3.32. The zero-order valence-corrected chi connectivity index (χ0v) is 11.8. The van der Waals surface area contributed by atoms with E-state index in [1.54, 1.807) is 10.9 Å². The van der Waals surface area contributed by atoms with Gasteiger partial charge >= 0.3 is 0 Å². The highest BCUT2D eigenvalue weighted by Gasteiger charge is 2.23. The lowest BCUT2D eigenvalue weighted by molar-refractivity contribution is -0.130. The lowest BCUT2D eigenvalue weighted by Crippen LogP contribution is -2.33. The van der Waals surface area contributed by atoms with Crippen molar-refractivity contribution in [3.8, 4) is 11.4 Å². The van der Waals surface area contributed by atoms with E-state index in [1.807, 2.05) is 13.1 Å². The number of nitrogens with one attached hydrogen (secondary N) is 1. The van der Waals surface area contributed by atoms with Gasteiger partial charge in [-0.1, -0.05) is 5.16 Å². The molecule has 1 aliphatic rings. The summed E-state index contributed by atoms with van der Waals surface area (Å²) in [5, 5.41) is 10.8. The largest absolute Gasteiger partial charge is 0.368 e. The minimum atomic E-state index is -0.352. The Bertz CT molecular complexity index is 615. The summed E-state index contributed by atoms with van der Waals surface area (Å²) in [4.78, 5) is 16.0. The first-order valence-electron chi connectivity index (χ1n) is 7.01. The molecule has 0 bridgehead atoms. The summed E-state index contributed by atoms with van der Waals surface area (Å²) in [5.41, 5.74) is 0.789. The van der Waals surface area contributed by atoms with Crippen LogP contribution in [0.4, 0.5) is 0 Å². The van der Waals surface area contributed by atoms with Gasteiger partial charge in [-0.15, -0.1) is 0 Å². The maximum atomic E-state index is 11.8. The van der Waals surface area contributed by atoms with Gasteiger partial charge in [-0.2, -0.15) is 10.1 Å². The van der Waals surface area contributed by atoms with Gasteiger partial charge in [0, 0.05) is 19.3 Å². The zero-order chi connectivity index (χ0) is 14.7. The highest BCUT2D eigenvalue weighted by atomic mass is 16.5. The van der Waals surface area contributed by atoms with Gasteiger partial charge in [-0.05, 0) is 19.8 Å². The fourth-order valence-corrected chi connectivity index (χ4v) is 2.16.